The highest BCUT2D eigenvalue weighted by molar-refractivity contribution is 7.93. The van der Waals surface area contributed by atoms with Crippen molar-refractivity contribution in [2.75, 3.05) is 4.72 Å². The summed E-state index contributed by atoms with van der Waals surface area (Å²) in [5.41, 5.74) is -0.224. The van der Waals surface area contributed by atoms with Crippen LogP contribution in [0.1, 0.15) is 16.1 Å². The Morgan fingerprint density at radius 1 is 1.15 bits per heavy atom. The van der Waals surface area contributed by atoms with Gasteiger partial charge in [0.25, 0.3) is 10.0 Å². The van der Waals surface area contributed by atoms with Crippen LogP contribution in [0.3, 0.4) is 0 Å². The van der Waals surface area contributed by atoms with E-state index in [1.54, 1.807) is 6.92 Å². The normalized spacial score (nSPS) is 12.3. The Bertz CT molecular complexity index is 1050. The van der Waals surface area contributed by atoms with Gasteiger partial charge in [-0.15, -0.1) is 22.7 Å². The van der Waals surface area contributed by atoms with Crippen molar-refractivity contribution in [2.24, 2.45) is 0 Å². The molecule has 26 heavy (non-hydrogen) atoms. The largest absolute Gasteiger partial charge is 0.416 e. The van der Waals surface area contributed by atoms with Crippen LogP contribution in [0.2, 0.25) is 0 Å². The number of anilines is 1. The van der Waals surface area contributed by atoms with E-state index in [4.69, 9.17) is 0 Å². The number of thiophene rings is 1. The molecule has 3 aromatic rings. The van der Waals surface area contributed by atoms with Crippen LogP contribution in [0.15, 0.2) is 40.6 Å². The van der Waals surface area contributed by atoms with Crippen molar-refractivity contribution in [3.63, 3.8) is 0 Å². The zero-order chi connectivity index (χ0) is 19.1. The van der Waals surface area contributed by atoms with Crippen molar-refractivity contribution in [2.45, 2.75) is 24.9 Å². The molecule has 4 nitrogen and oxygen atoms in total. The lowest BCUT2D eigenvalue weighted by Crippen LogP contribution is -2.14. The number of sulfonamides is 1. The molecule has 138 valence electrons. The summed E-state index contributed by atoms with van der Waals surface area (Å²) in [6, 6.07) is 5.58. The van der Waals surface area contributed by atoms with E-state index in [0.717, 1.165) is 23.9 Å². The number of nitrogens with one attached hydrogen (secondary N) is 1. The molecule has 0 radical (unpaired) electrons. The van der Waals surface area contributed by atoms with E-state index in [9.17, 15) is 21.6 Å². The summed E-state index contributed by atoms with van der Waals surface area (Å²) in [6.45, 7) is 3.49. The number of alkyl halides is 3. The van der Waals surface area contributed by atoms with Gasteiger partial charge in [0.05, 0.1) is 10.4 Å². The van der Waals surface area contributed by atoms with Crippen molar-refractivity contribution in [3.8, 4) is 9.88 Å². The minimum absolute atomic E-state index is 0.0303. The molecule has 0 amide bonds. The maximum Gasteiger partial charge on any atom is 0.416 e. The van der Waals surface area contributed by atoms with Gasteiger partial charge in [-0.2, -0.15) is 13.2 Å². The third-order valence-electron chi connectivity index (χ3n) is 3.43. The van der Waals surface area contributed by atoms with Crippen molar-refractivity contribution in [1.29, 1.82) is 0 Å². The summed E-state index contributed by atoms with van der Waals surface area (Å²) >= 11 is 2.68. The SMILES string of the molecule is Cc1csc(-c2cc(S(=O)(=O)Nc3cccc(C(F)(F)F)c3)c(C)s2)n1. The Balaban J connectivity index is 1.93. The first kappa shape index (κ1) is 18.9. The van der Waals surface area contributed by atoms with Crippen LogP contribution < -0.4 is 4.72 Å². The van der Waals surface area contributed by atoms with E-state index in [1.165, 1.54) is 34.8 Å². The summed E-state index contributed by atoms with van der Waals surface area (Å²) in [5.74, 6) is 0. The molecule has 0 saturated heterocycles. The van der Waals surface area contributed by atoms with Crippen molar-refractivity contribution < 1.29 is 21.6 Å². The minimum Gasteiger partial charge on any atom is -0.280 e. The average molecular weight is 418 g/mol. The van der Waals surface area contributed by atoms with Gasteiger partial charge < -0.3 is 0 Å². The molecule has 0 saturated carbocycles. The third kappa shape index (κ3) is 3.92. The van der Waals surface area contributed by atoms with Gasteiger partial charge in [0.1, 0.15) is 9.90 Å². The number of aromatic nitrogens is 1. The van der Waals surface area contributed by atoms with E-state index in [1.807, 2.05) is 12.3 Å². The molecule has 0 aliphatic carbocycles. The van der Waals surface area contributed by atoms with E-state index in [-0.39, 0.29) is 10.6 Å². The van der Waals surface area contributed by atoms with Gasteiger partial charge in [-0.3, -0.25) is 4.72 Å². The maximum atomic E-state index is 12.8. The highest BCUT2D eigenvalue weighted by Gasteiger charge is 2.31. The van der Waals surface area contributed by atoms with Gasteiger partial charge in [0.2, 0.25) is 0 Å². The van der Waals surface area contributed by atoms with Crippen molar-refractivity contribution in [3.05, 3.63) is 51.8 Å². The van der Waals surface area contributed by atoms with Crippen LogP contribution in [0, 0.1) is 13.8 Å². The van der Waals surface area contributed by atoms with E-state index in [0.29, 0.717) is 14.8 Å². The fourth-order valence-corrected chi connectivity index (χ4v) is 5.78. The zero-order valence-corrected chi connectivity index (χ0v) is 16.0. The van der Waals surface area contributed by atoms with Gasteiger partial charge in [-0.1, -0.05) is 6.07 Å². The lowest BCUT2D eigenvalue weighted by atomic mass is 10.2. The summed E-state index contributed by atoms with van der Waals surface area (Å²) in [6.07, 6.45) is -4.55. The first-order valence-corrected chi connectivity index (χ1v) is 10.5. The number of rotatable bonds is 4. The highest BCUT2D eigenvalue weighted by atomic mass is 32.2. The monoisotopic (exact) mass is 418 g/mol. The number of hydrogen-bond acceptors (Lipinski definition) is 5. The molecule has 0 bridgehead atoms. The molecule has 0 aliphatic rings. The van der Waals surface area contributed by atoms with E-state index >= 15 is 0 Å². The Hall–Kier alpha value is -1.91. The zero-order valence-electron chi connectivity index (χ0n) is 13.6. The van der Waals surface area contributed by atoms with Crippen LogP contribution in [0.4, 0.5) is 18.9 Å². The predicted molar refractivity (Wildman–Crippen MR) is 97.2 cm³/mol. The highest BCUT2D eigenvalue weighted by Crippen LogP contribution is 2.36. The molecule has 10 heteroatoms. The van der Waals surface area contributed by atoms with Crippen LogP contribution >= 0.6 is 22.7 Å². The third-order valence-corrected chi connectivity index (χ3v) is 7.25. The Kier molecular flexibility index (Phi) is 4.84. The van der Waals surface area contributed by atoms with Crippen LogP contribution in [-0.4, -0.2) is 13.4 Å². The molecule has 0 atom stereocenters. The first-order chi connectivity index (χ1) is 12.1. The van der Waals surface area contributed by atoms with Crippen molar-refractivity contribution in [1.82, 2.24) is 4.98 Å². The number of benzene rings is 1. The fraction of sp³-hybridized carbons (Fsp3) is 0.188. The first-order valence-electron chi connectivity index (χ1n) is 7.29. The van der Waals surface area contributed by atoms with Crippen LogP contribution in [0.25, 0.3) is 9.88 Å². The number of aryl methyl sites for hydroxylation is 2. The quantitative estimate of drug-likeness (QED) is 0.625. The predicted octanol–water partition coefficient (Wildman–Crippen LogP) is 5.31. The molecule has 2 aromatic heterocycles. The molecule has 1 aromatic carbocycles. The topological polar surface area (TPSA) is 59.1 Å². The molecular formula is C16H13F3N2O2S3. The van der Waals surface area contributed by atoms with Crippen molar-refractivity contribution >= 4 is 38.4 Å². The summed E-state index contributed by atoms with van der Waals surface area (Å²) in [5, 5.41) is 2.57. The number of nitrogens with zero attached hydrogens (tertiary/aromatic N) is 1. The number of halogens is 3. The van der Waals surface area contributed by atoms with Gasteiger partial charge in [-0.25, -0.2) is 13.4 Å². The number of hydrogen-bond donors (Lipinski definition) is 1. The molecule has 0 unspecified atom stereocenters. The molecule has 1 N–H and O–H groups in total. The number of thiazole rings is 1. The Morgan fingerprint density at radius 2 is 1.88 bits per heavy atom. The molecule has 0 fully saturated rings. The summed E-state index contributed by atoms with van der Waals surface area (Å²) in [4.78, 5) is 5.59. The second kappa shape index (κ2) is 6.67. The molecule has 2 heterocycles. The van der Waals surface area contributed by atoms with E-state index < -0.39 is 21.8 Å². The van der Waals surface area contributed by atoms with Gasteiger partial charge in [0.15, 0.2) is 0 Å². The lowest BCUT2D eigenvalue weighted by Gasteiger charge is -2.11. The second-order valence-corrected chi connectivity index (χ2v) is 9.27. The lowest BCUT2D eigenvalue weighted by molar-refractivity contribution is -0.137. The molecule has 0 aliphatic heterocycles. The van der Waals surface area contributed by atoms with E-state index in [2.05, 4.69) is 9.71 Å². The molecule has 0 spiro atoms. The minimum atomic E-state index is -4.55. The second-order valence-electron chi connectivity index (χ2n) is 5.51. The standard InChI is InChI=1S/C16H13F3N2O2S3/c1-9-8-24-15(20-9)13-7-14(10(2)25-13)26(22,23)21-12-5-3-4-11(6-12)16(17,18)19/h3-8,21H,1-2H3. The molecular weight excluding hydrogens is 405 g/mol. The Labute approximate surface area is 156 Å². The van der Waals surface area contributed by atoms with Gasteiger partial charge in [-0.05, 0) is 38.1 Å². The van der Waals surface area contributed by atoms with Gasteiger partial charge >= 0.3 is 6.18 Å². The van der Waals surface area contributed by atoms with Gasteiger partial charge in [0, 0.05) is 21.6 Å². The smallest absolute Gasteiger partial charge is 0.280 e. The molecule has 3 rings (SSSR count). The summed E-state index contributed by atoms with van der Waals surface area (Å²) in [7, 11) is -4.02. The Morgan fingerprint density at radius 3 is 2.50 bits per heavy atom. The summed E-state index contributed by atoms with van der Waals surface area (Å²) < 4.78 is 65.9. The average Bonchev–Trinajstić information content (AvgIpc) is 3.12. The van der Waals surface area contributed by atoms with Crippen LogP contribution in [0.5, 0.6) is 0 Å². The fourth-order valence-electron chi connectivity index (χ4n) is 2.27. The van der Waals surface area contributed by atoms with Crippen LogP contribution in [-0.2, 0) is 16.2 Å². The maximum absolute atomic E-state index is 12.8.